The van der Waals surface area contributed by atoms with E-state index in [1.54, 1.807) is 11.8 Å². The Morgan fingerprint density at radius 2 is 2.06 bits per heavy atom. The molecule has 0 atom stereocenters. The van der Waals surface area contributed by atoms with E-state index < -0.39 is 0 Å². The van der Waals surface area contributed by atoms with Crippen LogP contribution in [0.1, 0.15) is 5.56 Å². The standard InChI is InChI=1S/C13H17NOS2/c1-17-12-5-3-2-4-11(12)10-13(16)14-6-8-15-9-7-14/h2-5H,6-10H2,1H3. The third kappa shape index (κ3) is 3.44. The van der Waals surface area contributed by atoms with E-state index in [2.05, 4.69) is 35.4 Å². The van der Waals surface area contributed by atoms with Crippen LogP contribution < -0.4 is 0 Å². The largest absolute Gasteiger partial charge is 0.378 e. The fourth-order valence-electron chi connectivity index (χ4n) is 1.94. The Morgan fingerprint density at radius 1 is 1.35 bits per heavy atom. The van der Waals surface area contributed by atoms with Gasteiger partial charge < -0.3 is 9.64 Å². The molecular formula is C13H17NOS2. The highest BCUT2D eigenvalue weighted by Crippen LogP contribution is 2.21. The van der Waals surface area contributed by atoms with Gasteiger partial charge in [-0.1, -0.05) is 30.4 Å². The lowest BCUT2D eigenvalue weighted by Crippen LogP contribution is -2.40. The average Bonchev–Trinajstić information content (AvgIpc) is 2.40. The average molecular weight is 267 g/mol. The van der Waals surface area contributed by atoms with Crippen LogP contribution in [0.4, 0.5) is 0 Å². The van der Waals surface area contributed by atoms with E-state index in [4.69, 9.17) is 17.0 Å². The van der Waals surface area contributed by atoms with E-state index in [0.29, 0.717) is 0 Å². The smallest absolute Gasteiger partial charge is 0.0825 e. The molecule has 0 aromatic heterocycles. The van der Waals surface area contributed by atoms with Crippen molar-refractivity contribution in [3.63, 3.8) is 0 Å². The molecule has 1 aromatic carbocycles. The van der Waals surface area contributed by atoms with Crippen LogP contribution in [0, 0.1) is 0 Å². The highest BCUT2D eigenvalue weighted by Gasteiger charge is 2.14. The Labute approximate surface area is 112 Å². The molecule has 2 rings (SSSR count). The molecule has 4 heteroatoms. The molecule has 0 spiro atoms. The summed E-state index contributed by atoms with van der Waals surface area (Å²) in [7, 11) is 0. The van der Waals surface area contributed by atoms with Gasteiger partial charge in [0, 0.05) is 24.4 Å². The fraction of sp³-hybridized carbons (Fsp3) is 0.462. The first-order chi connectivity index (χ1) is 8.31. The summed E-state index contributed by atoms with van der Waals surface area (Å²) < 4.78 is 5.34. The summed E-state index contributed by atoms with van der Waals surface area (Å²) in [5.41, 5.74) is 1.33. The minimum Gasteiger partial charge on any atom is -0.378 e. The quantitative estimate of drug-likeness (QED) is 0.616. The zero-order chi connectivity index (χ0) is 12.1. The van der Waals surface area contributed by atoms with Gasteiger partial charge in [-0.25, -0.2) is 0 Å². The van der Waals surface area contributed by atoms with Gasteiger partial charge in [0.2, 0.25) is 0 Å². The van der Waals surface area contributed by atoms with Crippen LogP contribution in [0.2, 0.25) is 0 Å². The maximum atomic E-state index is 5.52. The monoisotopic (exact) mass is 267 g/mol. The zero-order valence-electron chi connectivity index (χ0n) is 10.0. The lowest BCUT2D eigenvalue weighted by Gasteiger charge is -2.29. The molecule has 0 saturated carbocycles. The molecule has 17 heavy (non-hydrogen) atoms. The Kier molecular flexibility index (Phi) is 4.83. The number of thioether (sulfide) groups is 1. The third-order valence-corrected chi connectivity index (χ3v) is 4.14. The minimum absolute atomic E-state index is 0.796. The molecule has 1 heterocycles. The molecule has 2 nitrogen and oxygen atoms in total. The molecule has 0 amide bonds. The number of nitrogens with zero attached hydrogens (tertiary/aromatic N) is 1. The maximum Gasteiger partial charge on any atom is 0.0825 e. The minimum atomic E-state index is 0.796. The Bertz CT molecular complexity index is 389. The van der Waals surface area contributed by atoms with Gasteiger partial charge in [0.25, 0.3) is 0 Å². The fourth-order valence-corrected chi connectivity index (χ4v) is 2.89. The van der Waals surface area contributed by atoms with Crippen molar-refractivity contribution in [2.45, 2.75) is 11.3 Å². The van der Waals surface area contributed by atoms with E-state index in [1.807, 2.05) is 0 Å². The zero-order valence-corrected chi connectivity index (χ0v) is 11.6. The summed E-state index contributed by atoms with van der Waals surface area (Å²) in [6, 6.07) is 8.48. The first-order valence-electron chi connectivity index (χ1n) is 5.78. The second-order valence-electron chi connectivity index (χ2n) is 3.98. The molecule has 0 aliphatic carbocycles. The second-order valence-corrected chi connectivity index (χ2v) is 5.30. The number of hydrogen-bond acceptors (Lipinski definition) is 3. The number of morpholine rings is 1. The van der Waals surface area contributed by atoms with E-state index in [-0.39, 0.29) is 0 Å². The van der Waals surface area contributed by atoms with Crippen LogP contribution in [0.25, 0.3) is 0 Å². The van der Waals surface area contributed by atoms with Crippen molar-refractivity contribution in [2.75, 3.05) is 32.6 Å². The van der Waals surface area contributed by atoms with E-state index in [1.165, 1.54) is 10.5 Å². The number of benzene rings is 1. The van der Waals surface area contributed by atoms with Crippen molar-refractivity contribution < 1.29 is 4.74 Å². The number of ether oxygens (including phenoxy) is 1. The van der Waals surface area contributed by atoms with Gasteiger partial charge in [-0.2, -0.15) is 0 Å². The molecule has 92 valence electrons. The molecule has 0 N–H and O–H groups in total. The molecule has 0 unspecified atom stereocenters. The van der Waals surface area contributed by atoms with Crippen LogP contribution >= 0.6 is 24.0 Å². The van der Waals surface area contributed by atoms with Gasteiger partial charge in [0.05, 0.1) is 18.2 Å². The molecule has 0 radical (unpaired) electrons. The normalized spacial score (nSPS) is 15.9. The van der Waals surface area contributed by atoms with Crippen molar-refractivity contribution in [1.82, 2.24) is 4.90 Å². The van der Waals surface area contributed by atoms with Gasteiger partial charge >= 0.3 is 0 Å². The summed E-state index contributed by atoms with van der Waals surface area (Å²) in [6.07, 6.45) is 2.98. The molecule has 1 aliphatic heterocycles. The topological polar surface area (TPSA) is 12.5 Å². The first-order valence-corrected chi connectivity index (χ1v) is 7.42. The first kappa shape index (κ1) is 12.9. The summed E-state index contributed by atoms with van der Waals surface area (Å²) >= 11 is 7.31. The molecule has 0 bridgehead atoms. The number of hydrogen-bond donors (Lipinski definition) is 0. The maximum absolute atomic E-state index is 5.52. The van der Waals surface area contributed by atoms with E-state index in [0.717, 1.165) is 37.7 Å². The van der Waals surface area contributed by atoms with Crippen LogP contribution in [0.15, 0.2) is 29.2 Å². The Morgan fingerprint density at radius 3 is 2.76 bits per heavy atom. The lowest BCUT2D eigenvalue weighted by molar-refractivity contribution is 0.0684. The van der Waals surface area contributed by atoms with Crippen molar-refractivity contribution in [2.24, 2.45) is 0 Å². The predicted octanol–water partition coefficient (Wildman–Crippen LogP) is 2.61. The predicted molar refractivity (Wildman–Crippen MR) is 76.9 cm³/mol. The van der Waals surface area contributed by atoms with Crippen molar-refractivity contribution in [3.8, 4) is 0 Å². The molecule has 1 fully saturated rings. The summed E-state index contributed by atoms with van der Waals surface area (Å²) in [5.74, 6) is 0. The number of thiocarbonyl (C=S) groups is 1. The van der Waals surface area contributed by atoms with Gasteiger partial charge in [-0.3, -0.25) is 0 Å². The Balaban J connectivity index is 2.01. The molecular weight excluding hydrogens is 250 g/mol. The second kappa shape index (κ2) is 6.38. The van der Waals surface area contributed by atoms with Crippen LogP contribution in [0.3, 0.4) is 0 Å². The Hall–Kier alpha value is -0.580. The summed E-state index contributed by atoms with van der Waals surface area (Å²) in [6.45, 7) is 3.45. The summed E-state index contributed by atoms with van der Waals surface area (Å²) in [5, 5.41) is 0. The SMILES string of the molecule is CSc1ccccc1CC(=S)N1CCOCC1. The number of rotatable bonds is 3. The van der Waals surface area contributed by atoms with Gasteiger partial charge in [0.15, 0.2) is 0 Å². The lowest BCUT2D eigenvalue weighted by atomic mass is 10.1. The van der Waals surface area contributed by atoms with Crippen LogP contribution in [-0.4, -0.2) is 42.4 Å². The van der Waals surface area contributed by atoms with E-state index in [9.17, 15) is 0 Å². The van der Waals surface area contributed by atoms with Crippen LogP contribution in [0.5, 0.6) is 0 Å². The van der Waals surface area contributed by atoms with Gasteiger partial charge in [-0.15, -0.1) is 11.8 Å². The van der Waals surface area contributed by atoms with Crippen molar-refractivity contribution in [1.29, 1.82) is 0 Å². The van der Waals surface area contributed by atoms with Gasteiger partial charge in [-0.05, 0) is 17.9 Å². The van der Waals surface area contributed by atoms with E-state index >= 15 is 0 Å². The molecule has 1 aliphatic rings. The highest BCUT2D eigenvalue weighted by atomic mass is 32.2. The van der Waals surface area contributed by atoms with Gasteiger partial charge in [0.1, 0.15) is 0 Å². The molecule has 1 aromatic rings. The third-order valence-electron chi connectivity index (χ3n) is 2.90. The van der Waals surface area contributed by atoms with Crippen LogP contribution in [-0.2, 0) is 11.2 Å². The molecule has 1 saturated heterocycles. The van der Waals surface area contributed by atoms with Crippen molar-refractivity contribution in [3.05, 3.63) is 29.8 Å². The van der Waals surface area contributed by atoms with Crippen molar-refractivity contribution >= 4 is 29.0 Å². The highest BCUT2D eigenvalue weighted by molar-refractivity contribution is 7.98. The summed E-state index contributed by atoms with van der Waals surface area (Å²) in [4.78, 5) is 4.62.